The van der Waals surface area contributed by atoms with Crippen LogP contribution in [0.15, 0.2) is 48.5 Å². The molecule has 1 heterocycles. The Bertz CT molecular complexity index is 981. The molecule has 184 valence electrons. The molecule has 1 fully saturated rings. The Morgan fingerprint density at radius 1 is 1.12 bits per heavy atom. The lowest BCUT2D eigenvalue weighted by Crippen LogP contribution is -2.51. The molecule has 1 saturated heterocycles. The highest BCUT2D eigenvalue weighted by Crippen LogP contribution is 2.30. The summed E-state index contributed by atoms with van der Waals surface area (Å²) in [6, 6.07) is 11.1. The molecule has 7 nitrogen and oxygen atoms in total. The lowest BCUT2D eigenvalue weighted by Gasteiger charge is -2.36. The van der Waals surface area contributed by atoms with Crippen LogP contribution >= 0.6 is 0 Å². The van der Waals surface area contributed by atoms with Crippen LogP contribution < -0.4 is 4.74 Å². The van der Waals surface area contributed by atoms with Crippen LogP contribution in [0.4, 0.5) is 13.2 Å². The molecule has 0 aromatic heterocycles. The van der Waals surface area contributed by atoms with Gasteiger partial charge < -0.3 is 24.0 Å². The molecule has 0 bridgehead atoms. The highest BCUT2D eigenvalue weighted by atomic mass is 19.4. The molecule has 0 aliphatic carbocycles. The van der Waals surface area contributed by atoms with E-state index in [1.54, 1.807) is 36.3 Å². The van der Waals surface area contributed by atoms with E-state index in [4.69, 9.17) is 14.2 Å². The van der Waals surface area contributed by atoms with Gasteiger partial charge in [-0.3, -0.25) is 9.59 Å². The number of rotatable bonds is 8. The predicted molar refractivity (Wildman–Crippen MR) is 118 cm³/mol. The van der Waals surface area contributed by atoms with Crippen molar-refractivity contribution in [1.82, 2.24) is 9.80 Å². The molecule has 0 unspecified atom stereocenters. The first-order valence-corrected chi connectivity index (χ1v) is 10.7. The molecule has 2 aromatic rings. The Kier molecular flexibility index (Phi) is 8.51. The van der Waals surface area contributed by atoms with Crippen molar-refractivity contribution in [3.8, 4) is 5.75 Å². The monoisotopic (exact) mass is 480 g/mol. The van der Waals surface area contributed by atoms with Gasteiger partial charge in [0, 0.05) is 44.4 Å². The first kappa shape index (κ1) is 25.5. The SMILES string of the molecule is COCCN(C[C@H]1CN(C(=O)c2ccc(OC)cc2)CCO1)C(=O)c1cccc(C(F)(F)F)c1. The summed E-state index contributed by atoms with van der Waals surface area (Å²) in [6.45, 7) is 1.38. The van der Waals surface area contributed by atoms with Crippen molar-refractivity contribution >= 4 is 11.8 Å². The van der Waals surface area contributed by atoms with E-state index in [2.05, 4.69) is 0 Å². The summed E-state index contributed by atoms with van der Waals surface area (Å²) in [7, 11) is 3.01. The van der Waals surface area contributed by atoms with Gasteiger partial charge in [0.15, 0.2) is 0 Å². The van der Waals surface area contributed by atoms with Gasteiger partial charge in [-0.2, -0.15) is 13.2 Å². The van der Waals surface area contributed by atoms with Crippen LogP contribution in [0.25, 0.3) is 0 Å². The van der Waals surface area contributed by atoms with E-state index in [-0.39, 0.29) is 44.3 Å². The van der Waals surface area contributed by atoms with Gasteiger partial charge in [-0.05, 0) is 42.5 Å². The number of nitrogens with zero attached hydrogens (tertiary/aromatic N) is 2. The number of halogens is 3. The number of methoxy groups -OCH3 is 2. The number of carbonyl (C=O) groups is 2. The van der Waals surface area contributed by atoms with E-state index >= 15 is 0 Å². The molecule has 3 rings (SSSR count). The number of morpholine rings is 1. The zero-order chi connectivity index (χ0) is 24.7. The lowest BCUT2D eigenvalue weighted by molar-refractivity contribution is -0.137. The maximum absolute atomic E-state index is 13.1. The fourth-order valence-corrected chi connectivity index (χ4v) is 3.66. The minimum Gasteiger partial charge on any atom is -0.497 e. The second-order valence-electron chi connectivity index (χ2n) is 7.79. The topological polar surface area (TPSA) is 68.3 Å². The fourth-order valence-electron chi connectivity index (χ4n) is 3.66. The molecule has 34 heavy (non-hydrogen) atoms. The molecule has 1 atom stereocenters. The summed E-state index contributed by atoms with van der Waals surface area (Å²) < 4.78 is 55.3. The van der Waals surface area contributed by atoms with Gasteiger partial charge in [0.2, 0.25) is 0 Å². The first-order chi connectivity index (χ1) is 16.2. The van der Waals surface area contributed by atoms with Crippen molar-refractivity contribution < 1.29 is 37.0 Å². The standard InChI is InChI=1S/C24H27F3N2O5/c1-32-12-10-28(23(31)18-4-3-5-19(14-18)24(25,26)27)15-21-16-29(11-13-34-21)22(30)17-6-8-20(33-2)9-7-17/h3-9,14,21H,10-13,15-16H2,1-2H3/t21-/m0/s1. The average Bonchev–Trinajstić information content (AvgIpc) is 2.85. The Labute approximate surface area is 196 Å². The summed E-state index contributed by atoms with van der Waals surface area (Å²) >= 11 is 0. The van der Waals surface area contributed by atoms with Crippen LogP contribution in [0.5, 0.6) is 5.75 Å². The second-order valence-corrected chi connectivity index (χ2v) is 7.79. The molecule has 0 N–H and O–H groups in total. The van der Waals surface area contributed by atoms with Gasteiger partial charge in [-0.25, -0.2) is 0 Å². The molecule has 0 saturated carbocycles. The van der Waals surface area contributed by atoms with E-state index < -0.39 is 23.8 Å². The van der Waals surface area contributed by atoms with Crippen LogP contribution in [-0.4, -0.2) is 81.3 Å². The minimum absolute atomic E-state index is 0.0760. The van der Waals surface area contributed by atoms with Crippen molar-refractivity contribution in [3.63, 3.8) is 0 Å². The summed E-state index contributed by atoms with van der Waals surface area (Å²) in [5, 5.41) is 0. The van der Waals surface area contributed by atoms with Crippen LogP contribution in [0, 0.1) is 0 Å². The van der Waals surface area contributed by atoms with Crippen molar-refractivity contribution in [2.45, 2.75) is 12.3 Å². The molecule has 2 amide bonds. The van der Waals surface area contributed by atoms with Gasteiger partial charge in [0.25, 0.3) is 11.8 Å². The van der Waals surface area contributed by atoms with E-state index in [1.807, 2.05) is 0 Å². The minimum atomic E-state index is -4.55. The van der Waals surface area contributed by atoms with Gasteiger partial charge in [-0.1, -0.05) is 6.07 Å². The fraction of sp³-hybridized carbons (Fsp3) is 0.417. The van der Waals surface area contributed by atoms with Crippen molar-refractivity contribution in [2.75, 3.05) is 53.6 Å². The Morgan fingerprint density at radius 2 is 1.85 bits per heavy atom. The molecule has 1 aliphatic heterocycles. The highest BCUT2D eigenvalue weighted by molar-refractivity contribution is 5.95. The molecule has 0 radical (unpaired) electrons. The molecule has 1 aliphatic rings. The highest BCUT2D eigenvalue weighted by Gasteiger charge is 2.32. The lowest BCUT2D eigenvalue weighted by atomic mass is 10.1. The zero-order valence-electron chi connectivity index (χ0n) is 19.0. The number of hydrogen-bond donors (Lipinski definition) is 0. The normalized spacial score (nSPS) is 16.3. The smallest absolute Gasteiger partial charge is 0.416 e. The van der Waals surface area contributed by atoms with E-state index in [0.717, 1.165) is 12.1 Å². The predicted octanol–water partition coefficient (Wildman–Crippen LogP) is 3.34. The van der Waals surface area contributed by atoms with Gasteiger partial charge in [0.05, 0.1) is 32.0 Å². The van der Waals surface area contributed by atoms with E-state index in [1.165, 1.54) is 24.1 Å². The number of alkyl halides is 3. The number of carbonyl (C=O) groups excluding carboxylic acids is 2. The van der Waals surface area contributed by atoms with Gasteiger partial charge >= 0.3 is 6.18 Å². The summed E-state index contributed by atoms with van der Waals surface area (Å²) in [5.74, 6) is -0.104. The number of benzene rings is 2. The van der Waals surface area contributed by atoms with E-state index in [0.29, 0.717) is 17.9 Å². The van der Waals surface area contributed by atoms with E-state index in [9.17, 15) is 22.8 Å². The van der Waals surface area contributed by atoms with Gasteiger partial charge in [0.1, 0.15) is 5.75 Å². The van der Waals surface area contributed by atoms with Crippen LogP contribution in [-0.2, 0) is 15.7 Å². The largest absolute Gasteiger partial charge is 0.497 e. The Balaban J connectivity index is 1.71. The average molecular weight is 480 g/mol. The Hall–Kier alpha value is -3.11. The molecule has 10 heteroatoms. The zero-order valence-corrected chi connectivity index (χ0v) is 19.0. The quantitative estimate of drug-likeness (QED) is 0.580. The van der Waals surface area contributed by atoms with Crippen LogP contribution in [0.1, 0.15) is 26.3 Å². The van der Waals surface area contributed by atoms with Crippen molar-refractivity contribution in [3.05, 3.63) is 65.2 Å². The second kappa shape index (κ2) is 11.3. The molecule has 0 spiro atoms. The summed E-state index contributed by atoms with van der Waals surface area (Å²) in [6.07, 6.45) is -5.05. The van der Waals surface area contributed by atoms with Crippen LogP contribution in [0.3, 0.4) is 0 Å². The summed E-state index contributed by atoms with van der Waals surface area (Å²) in [4.78, 5) is 29.0. The molecular formula is C24H27F3N2O5. The maximum atomic E-state index is 13.1. The number of hydrogen-bond acceptors (Lipinski definition) is 5. The summed E-state index contributed by atoms with van der Waals surface area (Å²) in [5.41, 5.74) is -0.471. The maximum Gasteiger partial charge on any atom is 0.416 e. The van der Waals surface area contributed by atoms with Crippen LogP contribution in [0.2, 0.25) is 0 Å². The van der Waals surface area contributed by atoms with Gasteiger partial charge in [-0.15, -0.1) is 0 Å². The van der Waals surface area contributed by atoms with Crippen molar-refractivity contribution in [1.29, 1.82) is 0 Å². The molecule has 2 aromatic carbocycles. The third kappa shape index (κ3) is 6.48. The Morgan fingerprint density at radius 3 is 2.50 bits per heavy atom. The third-order valence-corrected chi connectivity index (χ3v) is 5.48. The van der Waals surface area contributed by atoms with Crippen molar-refractivity contribution in [2.24, 2.45) is 0 Å². The third-order valence-electron chi connectivity index (χ3n) is 5.48. The number of amides is 2. The first-order valence-electron chi connectivity index (χ1n) is 10.7. The number of ether oxygens (including phenoxy) is 3. The molecular weight excluding hydrogens is 453 g/mol.